The van der Waals surface area contributed by atoms with E-state index in [-0.39, 0.29) is 5.84 Å². The van der Waals surface area contributed by atoms with Crippen LogP contribution < -0.4 is 10.6 Å². The fourth-order valence-corrected chi connectivity index (χ4v) is 2.97. The van der Waals surface area contributed by atoms with Crippen LogP contribution in [0.5, 0.6) is 0 Å². The summed E-state index contributed by atoms with van der Waals surface area (Å²) in [6.07, 6.45) is 2.43. The van der Waals surface area contributed by atoms with Crippen molar-refractivity contribution in [2.75, 3.05) is 11.4 Å². The molecule has 3 N–H and O–H groups in total. The van der Waals surface area contributed by atoms with Gasteiger partial charge in [-0.3, -0.25) is 5.41 Å². The zero-order valence-electron chi connectivity index (χ0n) is 10.9. The molecule has 1 heterocycles. The zero-order chi connectivity index (χ0) is 13.3. The van der Waals surface area contributed by atoms with Crippen LogP contribution in [0.15, 0.2) is 18.2 Å². The third kappa shape index (κ3) is 2.32. The van der Waals surface area contributed by atoms with E-state index in [0.29, 0.717) is 22.5 Å². The summed E-state index contributed by atoms with van der Waals surface area (Å²) in [6.45, 7) is 5.51. The number of rotatable bonds is 2. The molecule has 0 aliphatic carbocycles. The van der Waals surface area contributed by atoms with E-state index in [1.807, 2.05) is 12.1 Å². The van der Waals surface area contributed by atoms with E-state index in [0.717, 1.165) is 12.2 Å². The summed E-state index contributed by atoms with van der Waals surface area (Å²) < 4.78 is 0. The van der Waals surface area contributed by atoms with Gasteiger partial charge in [-0.05, 0) is 37.8 Å². The van der Waals surface area contributed by atoms with Gasteiger partial charge in [0.15, 0.2) is 0 Å². The minimum atomic E-state index is 0.0426. The molecular weight excluding hydrogens is 246 g/mol. The molecule has 0 saturated carbocycles. The molecule has 0 bridgehead atoms. The van der Waals surface area contributed by atoms with Gasteiger partial charge in [-0.25, -0.2) is 0 Å². The number of amidine groups is 1. The lowest BCUT2D eigenvalue weighted by molar-refractivity contribution is 0.363. The fourth-order valence-electron chi connectivity index (χ4n) is 2.69. The fraction of sp³-hybridized carbons (Fsp3) is 0.500. The molecule has 1 aliphatic rings. The molecule has 0 amide bonds. The van der Waals surface area contributed by atoms with Crippen LogP contribution in [-0.4, -0.2) is 18.4 Å². The lowest BCUT2D eigenvalue weighted by atomic mass is 9.91. The Labute approximate surface area is 113 Å². The van der Waals surface area contributed by atoms with E-state index < -0.39 is 0 Å². The first-order valence-corrected chi connectivity index (χ1v) is 6.79. The van der Waals surface area contributed by atoms with Gasteiger partial charge in [0.05, 0.1) is 10.6 Å². The summed E-state index contributed by atoms with van der Waals surface area (Å²) in [4.78, 5) is 2.33. The van der Waals surface area contributed by atoms with E-state index in [1.54, 1.807) is 6.07 Å². The topological polar surface area (TPSA) is 53.1 Å². The van der Waals surface area contributed by atoms with Crippen LogP contribution in [-0.2, 0) is 0 Å². The summed E-state index contributed by atoms with van der Waals surface area (Å²) in [5, 5.41) is 8.28. The van der Waals surface area contributed by atoms with Crippen LogP contribution in [0.25, 0.3) is 0 Å². The lowest BCUT2D eigenvalue weighted by Crippen LogP contribution is -2.43. The Hall–Kier alpha value is -1.22. The summed E-state index contributed by atoms with van der Waals surface area (Å²) in [5.74, 6) is 0.693. The second-order valence-corrected chi connectivity index (χ2v) is 5.51. The van der Waals surface area contributed by atoms with Gasteiger partial charge < -0.3 is 10.6 Å². The van der Waals surface area contributed by atoms with Crippen molar-refractivity contribution < 1.29 is 0 Å². The van der Waals surface area contributed by atoms with Crippen LogP contribution in [0, 0.1) is 11.3 Å². The van der Waals surface area contributed by atoms with Crippen molar-refractivity contribution in [3.63, 3.8) is 0 Å². The number of benzene rings is 1. The molecule has 0 aromatic heterocycles. The minimum Gasteiger partial charge on any atom is -0.384 e. The number of nitrogen functional groups attached to an aromatic ring is 1. The van der Waals surface area contributed by atoms with Crippen LogP contribution >= 0.6 is 11.6 Å². The highest BCUT2D eigenvalue weighted by Gasteiger charge is 2.27. The number of nitrogens with one attached hydrogen (secondary N) is 1. The Bertz CT molecular complexity index is 458. The van der Waals surface area contributed by atoms with Crippen molar-refractivity contribution in [2.24, 2.45) is 11.7 Å². The molecular formula is C14H20ClN3. The van der Waals surface area contributed by atoms with Gasteiger partial charge in [0.2, 0.25) is 0 Å². The van der Waals surface area contributed by atoms with E-state index in [4.69, 9.17) is 22.7 Å². The zero-order valence-corrected chi connectivity index (χ0v) is 11.7. The highest BCUT2D eigenvalue weighted by Crippen LogP contribution is 2.33. The number of nitrogens with two attached hydrogens (primary N) is 1. The second kappa shape index (κ2) is 5.19. The molecule has 2 atom stereocenters. The molecule has 2 unspecified atom stereocenters. The number of nitrogens with zero attached hydrogens (tertiary/aromatic N) is 1. The molecule has 1 saturated heterocycles. The van der Waals surface area contributed by atoms with Gasteiger partial charge >= 0.3 is 0 Å². The van der Waals surface area contributed by atoms with Gasteiger partial charge in [0, 0.05) is 18.3 Å². The van der Waals surface area contributed by atoms with E-state index in [1.165, 1.54) is 12.8 Å². The predicted octanol–water partition coefficient (Wildman–Crippen LogP) is 3.25. The van der Waals surface area contributed by atoms with Crippen molar-refractivity contribution in [1.29, 1.82) is 5.41 Å². The quantitative estimate of drug-likeness (QED) is 0.637. The molecule has 1 fully saturated rings. The third-order valence-corrected chi connectivity index (χ3v) is 4.26. The van der Waals surface area contributed by atoms with Crippen LogP contribution in [0.1, 0.15) is 32.3 Å². The molecule has 1 aromatic carbocycles. The molecule has 4 heteroatoms. The Morgan fingerprint density at radius 1 is 1.44 bits per heavy atom. The molecule has 18 heavy (non-hydrogen) atoms. The number of anilines is 1. The lowest BCUT2D eigenvalue weighted by Gasteiger charge is -2.40. The minimum absolute atomic E-state index is 0.0426. The van der Waals surface area contributed by atoms with Crippen LogP contribution in [0.2, 0.25) is 5.02 Å². The van der Waals surface area contributed by atoms with Gasteiger partial charge in [-0.1, -0.05) is 24.6 Å². The summed E-state index contributed by atoms with van der Waals surface area (Å²) in [7, 11) is 0. The van der Waals surface area contributed by atoms with E-state index >= 15 is 0 Å². The first-order valence-electron chi connectivity index (χ1n) is 6.42. The molecule has 3 nitrogen and oxygen atoms in total. The Kier molecular flexibility index (Phi) is 3.81. The first kappa shape index (κ1) is 13.2. The summed E-state index contributed by atoms with van der Waals surface area (Å²) >= 11 is 6.18. The monoisotopic (exact) mass is 265 g/mol. The second-order valence-electron chi connectivity index (χ2n) is 5.10. The average Bonchev–Trinajstić information content (AvgIpc) is 2.32. The summed E-state index contributed by atoms with van der Waals surface area (Å²) in [6, 6.07) is 6.18. The van der Waals surface area contributed by atoms with E-state index in [2.05, 4.69) is 18.7 Å². The maximum absolute atomic E-state index is 7.72. The molecule has 2 rings (SSSR count). The number of hydrogen-bond acceptors (Lipinski definition) is 2. The van der Waals surface area contributed by atoms with Crippen LogP contribution in [0.4, 0.5) is 5.69 Å². The smallest absolute Gasteiger partial charge is 0.126 e. The number of piperidine rings is 1. The SMILES string of the molecule is CC1CCCN(c2cccc(Cl)c2C(=N)N)C1C. The Balaban J connectivity index is 2.44. The van der Waals surface area contributed by atoms with Crippen molar-refractivity contribution in [3.8, 4) is 0 Å². The van der Waals surface area contributed by atoms with Gasteiger partial charge in [-0.15, -0.1) is 0 Å². The average molecular weight is 266 g/mol. The van der Waals surface area contributed by atoms with Crippen molar-refractivity contribution in [2.45, 2.75) is 32.7 Å². The normalized spacial score (nSPS) is 24.1. The van der Waals surface area contributed by atoms with Crippen LogP contribution in [0.3, 0.4) is 0 Å². The molecule has 0 spiro atoms. The highest BCUT2D eigenvalue weighted by atomic mass is 35.5. The number of halogens is 1. The van der Waals surface area contributed by atoms with Crippen molar-refractivity contribution >= 4 is 23.1 Å². The molecule has 1 aliphatic heterocycles. The largest absolute Gasteiger partial charge is 0.384 e. The van der Waals surface area contributed by atoms with Crippen molar-refractivity contribution in [3.05, 3.63) is 28.8 Å². The Morgan fingerprint density at radius 3 is 2.83 bits per heavy atom. The van der Waals surface area contributed by atoms with E-state index in [9.17, 15) is 0 Å². The third-order valence-electron chi connectivity index (χ3n) is 3.94. The molecule has 0 radical (unpaired) electrons. The van der Waals surface area contributed by atoms with Gasteiger partial charge in [0.1, 0.15) is 5.84 Å². The Morgan fingerprint density at radius 2 is 2.17 bits per heavy atom. The highest BCUT2D eigenvalue weighted by molar-refractivity contribution is 6.34. The summed E-state index contributed by atoms with van der Waals surface area (Å²) in [5.41, 5.74) is 7.34. The molecule has 98 valence electrons. The van der Waals surface area contributed by atoms with Crippen molar-refractivity contribution in [1.82, 2.24) is 0 Å². The van der Waals surface area contributed by atoms with Gasteiger partial charge in [0.25, 0.3) is 0 Å². The maximum atomic E-state index is 7.72. The molecule has 1 aromatic rings. The van der Waals surface area contributed by atoms with Gasteiger partial charge in [-0.2, -0.15) is 0 Å². The number of hydrogen-bond donors (Lipinski definition) is 2. The first-order chi connectivity index (χ1) is 8.52. The predicted molar refractivity (Wildman–Crippen MR) is 77.7 cm³/mol. The standard InChI is InChI=1S/C14H20ClN3/c1-9-5-4-8-18(10(9)2)12-7-3-6-11(15)13(12)14(16)17/h3,6-7,9-10H,4-5,8H2,1-2H3,(H3,16,17). The maximum Gasteiger partial charge on any atom is 0.126 e.